The number of carbonyl (C=O) groups excluding carboxylic acids is 4. The van der Waals surface area contributed by atoms with Gasteiger partial charge in [-0.15, -0.1) is 5.10 Å². The summed E-state index contributed by atoms with van der Waals surface area (Å²) >= 11 is 0. The third-order valence-corrected chi connectivity index (χ3v) is 15.8. The van der Waals surface area contributed by atoms with Crippen LogP contribution in [-0.2, 0) is 81.4 Å². The standard InChI is InChI=1S/C54H62BN5O23/c1-26-17-30-38(39(63)37-29(43(30)71-2)5-4-6-33(37)61)44-36(26)45-47-54(72-3,82-44)52(25-78-52)23-53(81-45,83-47)24-56-51(70)77-21-27-7-8-34(79-50-42(66)40(64)41(65)46(80-50)49(68)69)32(18-27)60-20-28(57-58-60)22-76-16-15-75-14-13-74-12-11-73-10-9-59-35(62)19-31(55)48(59)67/h7-8,17-18,20,31,40-42,45-47,50,63-66H,4-6,9-16,19,21-25H2,1-3H3,(H,56,70)(H,68,69)/t31?,40-,41-,42+,45?,46-,47?,50+,52-,53?,54+/m0/s1. The van der Waals surface area contributed by atoms with Crippen LogP contribution in [0.15, 0.2) is 30.5 Å². The topological polar surface area (TPSA) is 356 Å². The number of likely N-dealkylation sites (tertiary alicyclic amines) is 1. The maximum absolute atomic E-state index is 13.6. The number of phenols is 1. The van der Waals surface area contributed by atoms with E-state index in [1.165, 1.54) is 43.3 Å². The fraction of sp³-hybridized carbons (Fsp3) is 0.574. The summed E-state index contributed by atoms with van der Waals surface area (Å²) in [4.78, 5) is 63.7. The molecule has 4 unspecified atom stereocenters. The van der Waals surface area contributed by atoms with Crippen LogP contribution in [0.25, 0.3) is 16.5 Å². The molecule has 6 N–H and O–H groups in total. The number of aliphatic hydroxyl groups is 3. The highest BCUT2D eigenvalue weighted by molar-refractivity contribution is 6.29. The minimum atomic E-state index is -1.97. The Labute approximate surface area is 474 Å². The number of epoxide rings is 1. The molecule has 1 aromatic heterocycles. The number of aliphatic hydroxyl groups excluding tert-OH is 3. The Hall–Kier alpha value is -6.61. The SMILES string of the molecule is [B]C1CC(=O)N(CCOCCOCCOCCOCc2cn(-c3cc(COC(=O)NCC45C[C@]6(CO6)[C@]6(OC)Oc7c(c(C)cc8c(OC)c9c(c(O)c78)C(=O)CCC9)C(O4)C6O5)ccc3O[C@@H]3O[C@H](C(=O)O)[C@@H](O)[C@H](O)[C@H]3O)nn2)C1=O. The summed E-state index contributed by atoms with van der Waals surface area (Å²) in [5.41, 5.74) is 1.85. The van der Waals surface area contributed by atoms with Crippen LogP contribution in [0, 0.1) is 6.92 Å². The number of hydrogen-bond acceptors (Lipinski definition) is 24. The molecule has 1 aliphatic carbocycles. The zero-order valence-electron chi connectivity index (χ0n) is 45.5. The molecule has 4 aromatic rings. The first-order valence-electron chi connectivity index (χ1n) is 27.0. The number of rotatable bonds is 24. The van der Waals surface area contributed by atoms with Crippen molar-refractivity contribution in [3.8, 4) is 28.7 Å². The molecule has 2 bridgehead atoms. The van der Waals surface area contributed by atoms with E-state index >= 15 is 0 Å². The Kier molecular flexibility index (Phi) is 16.4. The molecule has 1 spiro atoms. The molecule has 3 amide bonds. The van der Waals surface area contributed by atoms with Crippen LogP contribution in [0.2, 0.25) is 5.82 Å². The largest absolute Gasteiger partial charge is 0.506 e. The van der Waals surface area contributed by atoms with Crippen molar-refractivity contribution in [3.63, 3.8) is 0 Å². The minimum absolute atomic E-state index is 0.00181. The van der Waals surface area contributed by atoms with Crippen LogP contribution in [0.1, 0.15) is 70.1 Å². The van der Waals surface area contributed by atoms with Gasteiger partial charge in [0.25, 0.3) is 5.79 Å². The van der Waals surface area contributed by atoms with Gasteiger partial charge in [0.2, 0.25) is 18.1 Å². The van der Waals surface area contributed by atoms with E-state index in [0.717, 1.165) is 10.5 Å². The second-order valence-corrected chi connectivity index (χ2v) is 21.1. The van der Waals surface area contributed by atoms with Gasteiger partial charge in [0, 0.05) is 48.7 Å². The number of aryl methyl sites for hydroxylation is 1. The molecule has 0 saturated carbocycles. The van der Waals surface area contributed by atoms with E-state index in [4.69, 9.17) is 69.4 Å². The Morgan fingerprint density at radius 2 is 1.66 bits per heavy atom. The summed E-state index contributed by atoms with van der Waals surface area (Å²) in [5.74, 6) is -5.99. The van der Waals surface area contributed by atoms with E-state index in [2.05, 4.69) is 15.6 Å². The number of nitrogens with zero attached hydrogens (tertiary/aromatic N) is 4. The van der Waals surface area contributed by atoms with Crippen molar-refractivity contribution in [1.29, 1.82) is 0 Å². The van der Waals surface area contributed by atoms with Gasteiger partial charge in [0.1, 0.15) is 65.4 Å². The number of nitrogens with one attached hydrogen (secondary N) is 1. The third-order valence-electron chi connectivity index (χ3n) is 15.8. The van der Waals surface area contributed by atoms with Gasteiger partial charge in [-0.05, 0) is 49.1 Å². The van der Waals surface area contributed by atoms with Gasteiger partial charge < -0.3 is 92.4 Å². The molecule has 7 aliphatic rings. The van der Waals surface area contributed by atoms with Crippen molar-refractivity contribution < 1.29 is 111 Å². The molecule has 6 aliphatic heterocycles. The molecule has 444 valence electrons. The first-order chi connectivity index (χ1) is 39.9. The molecule has 29 heteroatoms. The Morgan fingerprint density at radius 1 is 0.928 bits per heavy atom. The number of aliphatic carboxylic acids is 1. The molecular formula is C54H62BN5O23. The number of ether oxygens (including phenoxy) is 13. The average molecular weight is 1160 g/mol. The molecule has 5 saturated heterocycles. The number of Topliss-reactive ketones (excluding diaryl/α,β-unsaturated/α-hetero) is 1. The van der Waals surface area contributed by atoms with Gasteiger partial charge in [0.15, 0.2) is 29.4 Å². The maximum atomic E-state index is 13.6. The molecule has 5 fully saturated rings. The summed E-state index contributed by atoms with van der Waals surface area (Å²) in [6, 6.07) is 6.30. The molecule has 2 radical (unpaired) electrons. The molecule has 83 heavy (non-hydrogen) atoms. The quantitative estimate of drug-likeness (QED) is 0.0241. The Bertz CT molecular complexity index is 3180. The number of ketones is 1. The summed E-state index contributed by atoms with van der Waals surface area (Å²) in [7, 11) is 8.60. The van der Waals surface area contributed by atoms with Gasteiger partial charge in [-0.25, -0.2) is 14.3 Å². The highest BCUT2D eigenvalue weighted by atomic mass is 16.8. The third kappa shape index (κ3) is 10.7. The summed E-state index contributed by atoms with van der Waals surface area (Å²) in [6.45, 7) is 3.21. The predicted octanol–water partition coefficient (Wildman–Crippen LogP) is 0.502. The van der Waals surface area contributed by atoms with Crippen molar-refractivity contribution in [1.82, 2.24) is 25.2 Å². The lowest BCUT2D eigenvalue weighted by atomic mass is 9.78. The van der Waals surface area contributed by atoms with Gasteiger partial charge in [-0.2, -0.15) is 0 Å². The van der Waals surface area contributed by atoms with Crippen LogP contribution in [-0.4, -0.2) is 217 Å². The number of methoxy groups -OCH3 is 2. The normalized spacial score (nSPS) is 29.4. The van der Waals surface area contributed by atoms with Gasteiger partial charge in [0.05, 0.1) is 105 Å². The first kappa shape index (κ1) is 58.2. The molecule has 11 rings (SSSR count). The summed E-state index contributed by atoms with van der Waals surface area (Å²) in [5, 5.41) is 65.2. The van der Waals surface area contributed by atoms with E-state index < -0.39 is 83.9 Å². The fourth-order valence-corrected chi connectivity index (χ4v) is 11.8. The number of imide groups is 1. The van der Waals surface area contributed by atoms with Gasteiger partial charge in [-0.3, -0.25) is 19.3 Å². The molecule has 28 nitrogen and oxygen atoms in total. The maximum Gasteiger partial charge on any atom is 0.407 e. The number of aromatic nitrogens is 3. The zero-order chi connectivity index (χ0) is 58.5. The van der Waals surface area contributed by atoms with E-state index in [9.17, 15) is 49.5 Å². The highest BCUT2D eigenvalue weighted by Crippen LogP contribution is 2.66. The smallest absolute Gasteiger partial charge is 0.407 e. The molecular weight excluding hydrogens is 1100 g/mol. The minimum Gasteiger partial charge on any atom is -0.506 e. The van der Waals surface area contributed by atoms with Gasteiger partial charge >= 0.3 is 12.1 Å². The number of alkyl carbamates (subject to hydrolysis) is 1. The van der Waals surface area contributed by atoms with Crippen molar-refractivity contribution in [2.24, 2.45) is 0 Å². The number of aromatic hydroxyl groups is 1. The average Bonchev–Trinajstić information content (AvgIpc) is 1.54. The van der Waals surface area contributed by atoms with Crippen molar-refractivity contribution in [3.05, 3.63) is 64.0 Å². The van der Waals surface area contributed by atoms with Crippen LogP contribution in [0.4, 0.5) is 4.79 Å². The number of hydrogen-bond donors (Lipinski definition) is 6. The lowest BCUT2D eigenvalue weighted by Crippen LogP contribution is -2.68. The number of fused-ring (bicyclic) bond motifs is 7. The number of carboxylic acids is 1. The highest BCUT2D eigenvalue weighted by Gasteiger charge is 2.81. The number of phenolic OH excluding ortho intramolecular Hbond substituents is 1. The number of amides is 3. The second kappa shape index (κ2) is 23.5. The Morgan fingerprint density at radius 3 is 2.35 bits per heavy atom. The monoisotopic (exact) mass is 1160 g/mol. The van der Waals surface area contributed by atoms with E-state index in [1.54, 1.807) is 0 Å². The van der Waals surface area contributed by atoms with Crippen LogP contribution < -0.4 is 19.5 Å². The molecule has 11 atom stereocenters. The number of benzene rings is 3. The van der Waals surface area contributed by atoms with Crippen molar-refractivity contribution in [2.45, 2.75) is 118 Å². The summed E-state index contributed by atoms with van der Waals surface area (Å²) < 4.78 is 79.3. The number of carboxylic acid groups (broad SMARTS) is 1. The Balaban J connectivity index is 0.726. The lowest BCUT2D eigenvalue weighted by Gasteiger charge is -2.49. The van der Waals surface area contributed by atoms with E-state index in [-0.39, 0.29) is 144 Å². The van der Waals surface area contributed by atoms with Gasteiger partial charge in [-0.1, -0.05) is 11.3 Å². The zero-order valence-corrected chi connectivity index (χ0v) is 45.5. The van der Waals surface area contributed by atoms with Crippen LogP contribution in [0.3, 0.4) is 0 Å². The fourth-order valence-electron chi connectivity index (χ4n) is 11.8. The predicted molar refractivity (Wildman–Crippen MR) is 277 cm³/mol. The number of carbonyl (C=O) groups is 5. The lowest BCUT2D eigenvalue weighted by molar-refractivity contribution is -0.323. The van der Waals surface area contributed by atoms with Crippen LogP contribution in [0.5, 0.6) is 23.0 Å². The van der Waals surface area contributed by atoms with Crippen molar-refractivity contribution in [2.75, 3.05) is 80.2 Å². The van der Waals surface area contributed by atoms with Crippen LogP contribution >= 0.6 is 0 Å². The van der Waals surface area contributed by atoms with Crippen molar-refractivity contribution >= 4 is 48.3 Å². The molecule has 7 heterocycles. The molecule has 3 aromatic carbocycles. The second-order valence-electron chi connectivity index (χ2n) is 21.1. The summed E-state index contributed by atoms with van der Waals surface area (Å²) in [6.07, 6.45) is -9.24. The first-order valence-corrected chi connectivity index (χ1v) is 27.0. The van der Waals surface area contributed by atoms with E-state index in [0.29, 0.717) is 46.4 Å². The van der Waals surface area contributed by atoms with E-state index in [1.807, 2.05) is 13.0 Å².